The van der Waals surface area contributed by atoms with Crippen molar-refractivity contribution in [2.24, 2.45) is 0 Å². The molecule has 0 bridgehead atoms. The summed E-state index contributed by atoms with van der Waals surface area (Å²) in [7, 11) is 1.68. The van der Waals surface area contributed by atoms with Crippen molar-refractivity contribution in [3.05, 3.63) is 34.0 Å². The van der Waals surface area contributed by atoms with E-state index in [9.17, 15) is 9.18 Å². The molecule has 1 aromatic heterocycles. The molecule has 0 fully saturated rings. The fourth-order valence-electron chi connectivity index (χ4n) is 1.17. The van der Waals surface area contributed by atoms with Crippen LogP contribution in [0.1, 0.15) is 9.80 Å². The van der Waals surface area contributed by atoms with Gasteiger partial charge in [0.25, 0.3) is 5.91 Å². The van der Waals surface area contributed by atoms with E-state index >= 15 is 0 Å². The molecule has 2 rings (SSSR count). The summed E-state index contributed by atoms with van der Waals surface area (Å²) in [4.78, 5) is 11.8. The van der Waals surface area contributed by atoms with Gasteiger partial charge < -0.3 is 10.6 Å². The zero-order valence-corrected chi connectivity index (χ0v) is 10.8. The molecular weight excluding hydrogens is 279 g/mol. The molecule has 0 unspecified atom stereocenters. The van der Waals surface area contributed by atoms with Crippen molar-refractivity contribution in [2.75, 3.05) is 17.7 Å². The van der Waals surface area contributed by atoms with Crippen LogP contribution in [0.3, 0.4) is 0 Å². The van der Waals surface area contributed by atoms with Crippen molar-refractivity contribution in [3.8, 4) is 0 Å². The molecule has 0 saturated carbocycles. The first-order chi connectivity index (χ1) is 8.60. The van der Waals surface area contributed by atoms with Crippen molar-refractivity contribution in [3.63, 3.8) is 0 Å². The SMILES string of the molecule is CNc1nnc(C(=O)Nc2ccc(Cl)c(F)c2)s1. The highest BCUT2D eigenvalue weighted by molar-refractivity contribution is 7.17. The van der Waals surface area contributed by atoms with E-state index in [4.69, 9.17) is 11.6 Å². The predicted molar refractivity (Wildman–Crippen MR) is 68.8 cm³/mol. The highest BCUT2D eigenvalue weighted by atomic mass is 35.5. The van der Waals surface area contributed by atoms with Gasteiger partial charge >= 0.3 is 0 Å². The molecular formula is C10H8ClFN4OS. The third-order valence-corrected chi connectivity index (χ3v) is 3.26. The van der Waals surface area contributed by atoms with E-state index in [0.29, 0.717) is 10.8 Å². The number of hydrogen-bond donors (Lipinski definition) is 2. The van der Waals surface area contributed by atoms with Gasteiger partial charge in [0.2, 0.25) is 10.1 Å². The average molecular weight is 287 g/mol. The molecule has 0 saturated heterocycles. The number of nitrogens with zero attached hydrogens (tertiary/aromatic N) is 2. The number of carbonyl (C=O) groups excluding carboxylic acids is 1. The van der Waals surface area contributed by atoms with Crippen molar-refractivity contribution in [1.82, 2.24) is 10.2 Å². The van der Waals surface area contributed by atoms with Crippen molar-refractivity contribution >= 4 is 39.7 Å². The molecule has 0 aliphatic heterocycles. The summed E-state index contributed by atoms with van der Waals surface area (Å²) in [5.41, 5.74) is 0.308. The van der Waals surface area contributed by atoms with Crippen LogP contribution in [0.5, 0.6) is 0 Å². The number of aromatic nitrogens is 2. The van der Waals surface area contributed by atoms with Gasteiger partial charge in [0.15, 0.2) is 0 Å². The second-order valence-corrected chi connectivity index (χ2v) is 4.63. The normalized spacial score (nSPS) is 10.2. The molecule has 1 aromatic carbocycles. The van der Waals surface area contributed by atoms with E-state index in [1.165, 1.54) is 12.1 Å². The molecule has 1 heterocycles. The monoisotopic (exact) mass is 286 g/mol. The second-order valence-electron chi connectivity index (χ2n) is 3.25. The van der Waals surface area contributed by atoms with Crippen LogP contribution in [0, 0.1) is 5.82 Å². The lowest BCUT2D eigenvalue weighted by Gasteiger charge is -2.03. The van der Waals surface area contributed by atoms with Gasteiger partial charge in [-0.05, 0) is 18.2 Å². The molecule has 1 amide bonds. The highest BCUT2D eigenvalue weighted by Gasteiger charge is 2.13. The van der Waals surface area contributed by atoms with E-state index in [-0.39, 0.29) is 10.0 Å². The molecule has 0 aliphatic rings. The molecule has 2 N–H and O–H groups in total. The van der Waals surface area contributed by atoms with Crippen LogP contribution in [-0.2, 0) is 0 Å². The number of rotatable bonds is 3. The molecule has 2 aromatic rings. The fraction of sp³-hybridized carbons (Fsp3) is 0.100. The van der Waals surface area contributed by atoms with E-state index in [1.807, 2.05) is 0 Å². The van der Waals surface area contributed by atoms with Crippen molar-refractivity contribution in [1.29, 1.82) is 0 Å². The Hall–Kier alpha value is -1.73. The quantitative estimate of drug-likeness (QED) is 0.910. The third-order valence-electron chi connectivity index (χ3n) is 2.01. The van der Waals surface area contributed by atoms with Crippen LogP contribution in [0.15, 0.2) is 18.2 Å². The first-order valence-electron chi connectivity index (χ1n) is 4.88. The van der Waals surface area contributed by atoms with Crippen molar-refractivity contribution < 1.29 is 9.18 Å². The number of carbonyl (C=O) groups is 1. The van der Waals surface area contributed by atoms with Gasteiger partial charge in [-0.25, -0.2) is 4.39 Å². The van der Waals surface area contributed by atoms with Crippen molar-refractivity contribution in [2.45, 2.75) is 0 Å². The molecule has 0 aliphatic carbocycles. The highest BCUT2D eigenvalue weighted by Crippen LogP contribution is 2.20. The standard InChI is InChI=1S/C10H8ClFN4OS/c1-13-10-16-15-9(18-10)8(17)14-5-2-3-6(11)7(12)4-5/h2-4H,1H3,(H,13,16)(H,14,17). The van der Waals surface area contributed by atoms with Gasteiger partial charge in [0.05, 0.1) is 5.02 Å². The maximum absolute atomic E-state index is 13.2. The zero-order valence-electron chi connectivity index (χ0n) is 9.20. The summed E-state index contributed by atoms with van der Waals surface area (Å²) in [6.45, 7) is 0. The first kappa shape index (κ1) is 12.7. The smallest absolute Gasteiger partial charge is 0.286 e. The Morgan fingerprint density at radius 3 is 2.83 bits per heavy atom. The largest absolute Gasteiger partial charge is 0.363 e. The number of halogens is 2. The van der Waals surface area contributed by atoms with Gasteiger partial charge in [-0.1, -0.05) is 22.9 Å². The first-order valence-corrected chi connectivity index (χ1v) is 6.07. The number of benzene rings is 1. The Kier molecular flexibility index (Phi) is 3.73. The summed E-state index contributed by atoms with van der Waals surface area (Å²) in [5, 5.41) is 13.4. The molecule has 0 radical (unpaired) electrons. The topological polar surface area (TPSA) is 66.9 Å². The van der Waals surface area contributed by atoms with Crippen LogP contribution >= 0.6 is 22.9 Å². The minimum atomic E-state index is -0.595. The van der Waals surface area contributed by atoms with Crippen LogP contribution in [0.25, 0.3) is 0 Å². The Morgan fingerprint density at radius 2 is 2.22 bits per heavy atom. The maximum atomic E-state index is 13.2. The fourth-order valence-corrected chi connectivity index (χ4v) is 1.88. The maximum Gasteiger partial charge on any atom is 0.286 e. The van der Waals surface area contributed by atoms with Crippen LogP contribution in [0.2, 0.25) is 5.02 Å². The summed E-state index contributed by atoms with van der Waals surface area (Å²) in [6, 6.07) is 4.01. The minimum absolute atomic E-state index is 0.00128. The Morgan fingerprint density at radius 1 is 1.44 bits per heavy atom. The van der Waals surface area contributed by atoms with Crippen LogP contribution in [-0.4, -0.2) is 23.2 Å². The lowest BCUT2D eigenvalue weighted by atomic mass is 10.3. The van der Waals surface area contributed by atoms with E-state index < -0.39 is 11.7 Å². The molecule has 18 heavy (non-hydrogen) atoms. The van der Waals surface area contributed by atoms with E-state index in [2.05, 4.69) is 20.8 Å². The molecule has 0 spiro atoms. The van der Waals surface area contributed by atoms with Gasteiger partial charge in [0, 0.05) is 12.7 Å². The Labute approximate surface area is 111 Å². The number of amides is 1. The van der Waals surface area contributed by atoms with Gasteiger partial charge in [-0.15, -0.1) is 10.2 Å². The average Bonchev–Trinajstić information content (AvgIpc) is 2.82. The summed E-state index contributed by atoms with van der Waals surface area (Å²) in [5.74, 6) is -1.04. The summed E-state index contributed by atoms with van der Waals surface area (Å²) >= 11 is 6.64. The summed E-state index contributed by atoms with van der Waals surface area (Å²) < 4.78 is 13.2. The second kappa shape index (κ2) is 5.28. The Bertz CT molecular complexity index is 589. The van der Waals surface area contributed by atoms with E-state index in [0.717, 1.165) is 17.4 Å². The zero-order chi connectivity index (χ0) is 13.1. The third kappa shape index (κ3) is 2.74. The molecule has 0 atom stereocenters. The van der Waals surface area contributed by atoms with Crippen LogP contribution < -0.4 is 10.6 Å². The van der Waals surface area contributed by atoms with Crippen LogP contribution in [0.4, 0.5) is 15.2 Å². The number of hydrogen-bond acceptors (Lipinski definition) is 5. The van der Waals surface area contributed by atoms with Gasteiger partial charge in [-0.3, -0.25) is 4.79 Å². The minimum Gasteiger partial charge on any atom is -0.363 e. The van der Waals surface area contributed by atoms with Gasteiger partial charge in [0.1, 0.15) is 5.82 Å². The van der Waals surface area contributed by atoms with E-state index in [1.54, 1.807) is 7.05 Å². The number of nitrogens with one attached hydrogen (secondary N) is 2. The lowest BCUT2D eigenvalue weighted by molar-refractivity contribution is 0.102. The number of anilines is 2. The molecule has 94 valence electrons. The lowest BCUT2D eigenvalue weighted by Crippen LogP contribution is -2.11. The predicted octanol–water partition coefficient (Wildman–Crippen LogP) is 2.62. The Balaban J connectivity index is 2.13. The van der Waals surface area contributed by atoms with Gasteiger partial charge in [-0.2, -0.15) is 0 Å². The summed E-state index contributed by atoms with van der Waals surface area (Å²) in [6.07, 6.45) is 0. The molecule has 8 heteroatoms. The molecule has 5 nitrogen and oxygen atoms in total.